The Hall–Kier alpha value is -2.31. The average Bonchev–Trinajstić information content (AvgIpc) is 3.33. The predicted molar refractivity (Wildman–Crippen MR) is 151 cm³/mol. The van der Waals surface area contributed by atoms with Gasteiger partial charge in [0.25, 0.3) is 0 Å². The van der Waals surface area contributed by atoms with Gasteiger partial charge in [0.15, 0.2) is 5.78 Å². The summed E-state index contributed by atoms with van der Waals surface area (Å²) in [4.78, 5) is 40.2. The third-order valence-corrected chi connectivity index (χ3v) is 13.5. The average molecular weight is 617 g/mol. The lowest BCUT2D eigenvalue weighted by Crippen LogP contribution is -2.82. The smallest absolute Gasteiger partial charge is 0.310 e. The van der Waals surface area contributed by atoms with Crippen LogP contribution in [0.4, 0.5) is 0 Å². The van der Waals surface area contributed by atoms with Crippen LogP contribution < -0.4 is 0 Å². The molecule has 11 nitrogen and oxygen atoms in total. The number of ketones is 1. The van der Waals surface area contributed by atoms with Crippen molar-refractivity contribution in [3.8, 4) is 0 Å². The number of Topliss-reactive ketones (excluding diaryl/α,β-unsaturated/α-hetero) is 1. The number of carbonyl (C=O) groups is 3. The highest BCUT2D eigenvalue weighted by molar-refractivity contribution is 5.91. The molecule has 0 amide bonds. The summed E-state index contributed by atoms with van der Waals surface area (Å²) >= 11 is 0. The van der Waals surface area contributed by atoms with Crippen molar-refractivity contribution in [3.63, 3.8) is 0 Å². The molecule has 11 heteroatoms. The Bertz CT molecular complexity index is 1380. The number of aliphatic hydroxyl groups is 3. The van der Waals surface area contributed by atoms with Crippen LogP contribution >= 0.6 is 0 Å². The molecule has 1 aromatic heterocycles. The van der Waals surface area contributed by atoms with Crippen LogP contribution in [0, 0.1) is 39.4 Å². The van der Waals surface area contributed by atoms with Crippen molar-refractivity contribution in [2.24, 2.45) is 39.4 Å². The van der Waals surface area contributed by atoms with Gasteiger partial charge in [0, 0.05) is 41.4 Å². The molecule has 2 aliphatic heterocycles. The van der Waals surface area contributed by atoms with E-state index in [0.717, 1.165) is 5.56 Å². The van der Waals surface area contributed by atoms with Crippen LogP contribution in [0.2, 0.25) is 0 Å². The molecule has 1 aromatic rings. The minimum atomic E-state index is -1.46. The van der Waals surface area contributed by atoms with E-state index in [2.05, 4.69) is 0 Å². The molecule has 0 radical (unpaired) electrons. The molecule has 2 saturated heterocycles. The van der Waals surface area contributed by atoms with Gasteiger partial charge < -0.3 is 38.7 Å². The Kier molecular flexibility index (Phi) is 6.47. The Morgan fingerprint density at radius 2 is 1.80 bits per heavy atom. The van der Waals surface area contributed by atoms with Gasteiger partial charge in [-0.1, -0.05) is 27.7 Å². The SMILES string of the molecule is CCC(C)C(=O)O[C@H]1OC[C@@]23[C@H]4C(=O)[C@H](O)[C@@]5(C)[C@H](c6ccoc6)C[C@H]6O[C@]65[C@]4(C)[C@H](O)C[C@H]2[C@@]1(C)[C@H](OC(C)=O)C[C@@H]3O. The molecule has 4 aliphatic carbocycles. The van der Waals surface area contributed by atoms with Crippen molar-refractivity contribution in [1.29, 1.82) is 0 Å². The molecule has 6 aliphatic rings. The van der Waals surface area contributed by atoms with Crippen molar-refractivity contribution in [2.45, 2.75) is 116 Å². The molecule has 7 rings (SSSR count). The number of epoxide rings is 1. The van der Waals surface area contributed by atoms with Crippen molar-refractivity contribution < 1.29 is 53.1 Å². The van der Waals surface area contributed by atoms with E-state index in [0.29, 0.717) is 12.8 Å². The van der Waals surface area contributed by atoms with Crippen molar-refractivity contribution in [1.82, 2.24) is 0 Å². The van der Waals surface area contributed by atoms with E-state index in [-0.39, 0.29) is 31.5 Å². The fraction of sp³-hybridized carbons (Fsp3) is 0.788. The molecule has 4 saturated carbocycles. The number of ether oxygens (including phenoxy) is 4. The predicted octanol–water partition coefficient (Wildman–Crippen LogP) is 2.49. The standard InChI is InChI=1S/C33H44O11/c1-7-15(2)27(39)43-28-29(4)19-11-20(35)31(6)25(32(19,14-41-28)21(36)12-22(29)42-16(3)34)24(37)26(38)30(5)18(17-8-9-40-13-17)10-23-33(30,31)44-23/h8-9,13,15,18-23,25-26,28,35-36,38H,7,10-12,14H2,1-6H3/t15?,18-,19-,20+,21-,22+,23+,25-,26-,28+,29-,30+,31+,32+,33+/m0/s1. The van der Waals surface area contributed by atoms with Crippen molar-refractivity contribution in [2.75, 3.05) is 6.61 Å². The van der Waals surface area contributed by atoms with E-state index < -0.39 is 93.4 Å². The molecule has 44 heavy (non-hydrogen) atoms. The van der Waals surface area contributed by atoms with E-state index in [4.69, 9.17) is 23.4 Å². The Labute approximate surface area is 256 Å². The van der Waals surface area contributed by atoms with E-state index in [9.17, 15) is 29.7 Å². The summed E-state index contributed by atoms with van der Waals surface area (Å²) in [7, 11) is 0. The van der Waals surface area contributed by atoms with Crippen molar-refractivity contribution in [3.05, 3.63) is 24.2 Å². The van der Waals surface area contributed by atoms with Gasteiger partial charge in [-0.25, -0.2) is 0 Å². The van der Waals surface area contributed by atoms with Gasteiger partial charge in [-0.05, 0) is 43.7 Å². The molecule has 2 bridgehead atoms. The quantitative estimate of drug-likeness (QED) is 0.329. The molecule has 3 heterocycles. The second-order valence-electron chi connectivity index (χ2n) is 15.0. The molecule has 0 aromatic carbocycles. The highest BCUT2D eigenvalue weighted by atomic mass is 16.7. The summed E-state index contributed by atoms with van der Waals surface area (Å²) in [6.45, 7) is 10.3. The van der Waals surface area contributed by atoms with Gasteiger partial charge in [-0.3, -0.25) is 14.4 Å². The van der Waals surface area contributed by atoms with Gasteiger partial charge in [-0.15, -0.1) is 0 Å². The monoisotopic (exact) mass is 616 g/mol. The maximum absolute atomic E-state index is 14.8. The summed E-state index contributed by atoms with van der Waals surface area (Å²) in [5.74, 6) is -3.89. The zero-order chi connectivity index (χ0) is 31.8. The number of rotatable bonds is 5. The number of esters is 2. The summed E-state index contributed by atoms with van der Waals surface area (Å²) in [6, 6.07) is 1.84. The molecule has 242 valence electrons. The number of hydrogen-bond donors (Lipinski definition) is 3. The van der Waals surface area contributed by atoms with E-state index in [1.165, 1.54) is 6.92 Å². The summed E-state index contributed by atoms with van der Waals surface area (Å²) in [5.41, 5.74) is -4.95. The Morgan fingerprint density at radius 1 is 1.07 bits per heavy atom. The normalized spacial score (nSPS) is 52.6. The molecule has 15 atom stereocenters. The lowest BCUT2D eigenvalue weighted by molar-refractivity contribution is -0.374. The first-order valence-corrected chi connectivity index (χ1v) is 15.9. The lowest BCUT2D eigenvalue weighted by Gasteiger charge is -2.73. The summed E-state index contributed by atoms with van der Waals surface area (Å²) in [6.07, 6.45) is -1.74. The first kappa shape index (κ1) is 30.3. The highest BCUT2D eigenvalue weighted by Crippen LogP contribution is 2.82. The molecular formula is C33H44O11. The molecule has 1 spiro atoms. The fourth-order valence-corrected chi connectivity index (χ4v) is 11.2. The largest absolute Gasteiger partial charge is 0.472 e. The lowest BCUT2D eigenvalue weighted by atomic mass is 9.33. The second kappa shape index (κ2) is 9.37. The molecule has 6 fully saturated rings. The fourth-order valence-electron chi connectivity index (χ4n) is 11.2. The summed E-state index contributed by atoms with van der Waals surface area (Å²) in [5, 5.41) is 36.5. The minimum absolute atomic E-state index is 0.0223. The number of fused-ring (bicyclic) bond motifs is 1. The zero-order valence-electron chi connectivity index (χ0n) is 26.1. The highest BCUT2D eigenvalue weighted by Gasteiger charge is 2.92. The zero-order valence-corrected chi connectivity index (χ0v) is 26.1. The van der Waals surface area contributed by atoms with Gasteiger partial charge in [-0.2, -0.15) is 0 Å². The number of furan rings is 1. The first-order valence-electron chi connectivity index (χ1n) is 15.9. The van der Waals surface area contributed by atoms with Crippen LogP contribution in [0.5, 0.6) is 0 Å². The van der Waals surface area contributed by atoms with Gasteiger partial charge in [0.2, 0.25) is 6.29 Å². The second-order valence-corrected chi connectivity index (χ2v) is 15.0. The molecule has 3 N–H and O–H groups in total. The van der Waals surface area contributed by atoms with Crippen LogP contribution in [-0.2, 0) is 33.3 Å². The first-order chi connectivity index (χ1) is 20.7. The number of hydrogen-bond acceptors (Lipinski definition) is 11. The topological polar surface area (TPSA) is 165 Å². The van der Waals surface area contributed by atoms with E-state index in [1.807, 2.05) is 26.8 Å². The third-order valence-electron chi connectivity index (χ3n) is 13.5. The Morgan fingerprint density at radius 3 is 2.43 bits per heavy atom. The van der Waals surface area contributed by atoms with Crippen molar-refractivity contribution >= 4 is 17.7 Å². The van der Waals surface area contributed by atoms with Gasteiger partial charge >= 0.3 is 11.9 Å². The molecule has 1 unspecified atom stereocenters. The summed E-state index contributed by atoms with van der Waals surface area (Å²) < 4.78 is 30.0. The maximum atomic E-state index is 14.8. The van der Waals surface area contributed by atoms with Gasteiger partial charge in [0.1, 0.15) is 17.8 Å². The van der Waals surface area contributed by atoms with Crippen LogP contribution in [0.25, 0.3) is 0 Å². The third kappa shape index (κ3) is 3.23. The Balaban J connectivity index is 1.37. The maximum Gasteiger partial charge on any atom is 0.310 e. The minimum Gasteiger partial charge on any atom is -0.472 e. The number of aliphatic hydroxyl groups excluding tert-OH is 3. The van der Waals surface area contributed by atoms with E-state index >= 15 is 0 Å². The number of carbonyl (C=O) groups excluding carboxylic acids is 3. The molecular weight excluding hydrogens is 572 g/mol. The van der Waals surface area contributed by atoms with Crippen LogP contribution in [0.15, 0.2) is 23.0 Å². The van der Waals surface area contributed by atoms with E-state index in [1.54, 1.807) is 26.4 Å². The van der Waals surface area contributed by atoms with Crippen LogP contribution in [0.3, 0.4) is 0 Å². The van der Waals surface area contributed by atoms with Gasteiger partial charge in [0.05, 0.1) is 48.8 Å². The van der Waals surface area contributed by atoms with Crippen LogP contribution in [-0.4, -0.2) is 82.1 Å². The van der Waals surface area contributed by atoms with Crippen LogP contribution in [0.1, 0.15) is 78.7 Å².